The van der Waals surface area contributed by atoms with Crippen LogP contribution >= 0.6 is 0 Å². The molecule has 0 aliphatic carbocycles. The van der Waals surface area contributed by atoms with E-state index in [9.17, 15) is 15.2 Å². The number of aryl methyl sites for hydroxylation is 1. The van der Waals surface area contributed by atoms with E-state index in [0.29, 0.717) is 11.4 Å². The molecule has 0 atom stereocenters. The molecule has 110 valence electrons. The second kappa shape index (κ2) is 5.28. The molecule has 0 saturated heterocycles. The number of hydrogen-bond donors (Lipinski definition) is 2. The maximum absolute atomic E-state index is 10.6. The number of nitro groups is 1. The molecule has 22 heavy (non-hydrogen) atoms. The Bertz CT molecular complexity index is 882. The van der Waals surface area contributed by atoms with Crippen LogP contribution in [-0.2, 0) is 0 Å². The van der Waals surface area contributed by atoms with E-state index in [4.69, 9.17) is 0 Å². The third kappa shape index (κ3) is 2.51. The maximum atomic E-state index is 10.6. The highest BCUT2D eigenvalue weighted by molar-refractivity contribution is 5.94. The van der Waals surface area contributed by atoms with E-state index in [2.05, 4.69) is 15.2 Å². The summed E-state index contributed by atoms with van der Waals surface area (Å²) in [7, 11) is 0. The van der Waals surface area contributed by atoms with Gasteiger partial charge in [0.05, 0.1) is 16.1 Å². The van der Waals surface area contributed by atoms with Gasteiger partial charge in [0, 0.05) is 17.5 Å². The summed E-state index contributed by atoms with van der Waals surface area (Å²) in [5.74, 6) is -0.0636. The van der Waals surface area contributed by atoms with E-state index in [1.54, 1.807) is 0 Å². The van der Waals surface area contributed by atoms with E-state index in [1.807, 2.05) is 25.1 Å². The molecule has 3 rings (SSSR count). The highest BCUT2D eigenvalue weighted by atomic mass is 16.6. The fourth-order valence-electron chi connectivity index (χ4n) is 2.13. The van der Waals surface area contributed by atoms with Gasteiger partial charge >= 0.3 is 0 Å². The lowest BCUT2D eigenvalue weighted by Gasteiger charge is -1.95. The first-order chi connectivity index (χ1) is 10.5. The molecule has 0 spiro atoms. The first kappa shape index (κ1) is 13.7. The fourth-order valence-corrected chi connectivity index (χ4v) is 2.13. The minimum absolute atomic E-state index is 0.00971. The van der Waals surface area contributed by atoms with Crippen LogP contribution in [0.15, 0.2) is 52.7 Å². The predicted octanol–water partition coefficient (Wildman–Crippen LogP) is 4.51. The summed E-state index contributed by atoms with van der Waals surface area (Å²) < 4.78 is 0. The zero-order valence-electron chi connectivity index (χ0n) is 11.6. The Labute approximate surface area is 125 Å². The van der Waals surface area contributed by atoms with Crippen molar-refractivity contribution < 1.29 is 10.0 Å². The van der Waals surface area contributed by atoms with Gasteiger partial charge in [0.25, 0.3) is 5.69 Å². The molecule has 0 bridgehead atoms. The number of rotatable bonds is 3. The minimum Gasteiger partial charge on any atom is -0.493 e. The zero-order valence-corrected chi connectivity index (χ0v) is 11.6. The quantitative estimate of drug-likeness (QED) is 0.422. The number of hydrogen-bond acceptors (Lipinski definition) is 5. The van der Waals surface area contributed by atoms with Crippen molar-refractivity contribution in [2.75, 3.05) is 0 Å². The molecule has 2 aromatic carbocycles. The van der Waals surface area contributed by atoms with Crippen molar-refractivity contribution >= 4 is 28.0 Å². The second-order valence-electron chi connectivity index (χ2n) is 4.84. The van der Waals surface area contributed by atoms with Crippen molar-refractivity contribution in [2.45, 2.75) is 6.92 Å². The molecule has 0 saturated carbocycles. The Morgan fingerprint density at radius 2 is 1.86 bits per heavy atom. The molecular weight excluding hydrogens is 284 g/mol. The Morgan fingerprint density at radius 3 is 2.55 bits per heavy atom. The molecule has 7 nitrogen and oxygen atoms in total. The van der Waals surface area contributed by atoms with E-state index in [0.717, 1.165) is 16.5 Å². The van der Waals surface area contributed by atoms with Gasteiger partial charge in [0.15, 0.2) is 5.69 Å². The van der Waals surface area contributed by atoms with Crippen LogP contribution < -0.4 is 0 Å². The van der Waals surface area contributed by atoms with Crippen molar-refractivity contribution in [1.29, 1.82) is 0 Å². The van der Waals surface area contributed by atoms with Crippen LogP contribution in [0.25, 0.3) is 10.9 Å². The van der Waals surface area contributed by atoms with E-state index in [-0.39, 0.29) is 11.6 Å². The largest absolute Gasteiger partial charge is 0.493 e. The monoisotopic (exact) mass is 296 g/mol. The van der Waals surface area contributed by atoms with Gasteiger partial charge in [0.1, 0.15) is 0 Å². The average molecular weight is 296 g/mol. The smallest absolute Gasteiger partial charge is 0.269 e. The zero-order chi connectivity index (χ0) is 15.7. The van der Waals surface area contributed by atoms with Gasteiger partial charge in [0.2, 0.25) is 5.88 Å². The van der Waals surface area contributed by atoms with E-state index < -0.39 is 4.92 Å². The van der Waals surface area contributed by atoms with Crippen molar-refractivity contribution in [2.24, 2.45) is 10.2 Å². The normalized spacial score (nSPS) is 11.3. The van der Waals surface area contributed by atoms with Gasteiger partial charge in [-0.05, 0) is 31.2 Å². The van der Waals surface area contributed by atoms with Gasteiger partial charge in [-0.15, -0.1) is 5.11 Å². The standard InChI is InChI=1S/C15H12N4O3/c1-9-2-7-13-12(8-9)14(15(20)16-13)18-17-10-3-5-11(6-4-10)19(21)22/h2-8,16,20H,1H3. The first-order valence-electron chi connectivity index (χ1n) is 6.52. The van der Waals surface area contributed by atoms with Crippen molar-refractivity contribution in [3.8, 4) is 5.88 Å². The first-order valence-corrected chi connectivity index (χ1v) is 6.52. The number of nitro benzene ring substituents is 1. The van der Waals surface area contributed by atoms with E-state index in [1.165, 1.54) is 24.3 Å². The minimum atomic E-state index is -0.477. The van der Waals surface area contributed by atoms with Crippen LogP contribution in [-0.4, -0.2) is 15.0 Å². The number of H-pyrrole nitrogens is 1. The van der Waals surface area contributed by atoms with Crippen molar-refractivity contribution in [1.82, 2.24) is 4.98 Å². The maximum Gasteiger partial charge on any atom is 0.269 e. The Kier molecular flexibility index (Phi) is 3.30. The molecular formula is C15H12N4O3. The Balaban J connectivity index is 1.96. The number of non-ortho nitro benzene ring substituents is 1. The highest BCUT2D eigenvalue weighted by Crippen LogP contribution is 2.36. The summed E-state index contributed by atoms with van der Waals surface area (Å²) in [6.07, 6.45) is 0. The summed E-state index contributed by atoms with van der Waals surface area (Å²) in [6.45, 7) is 1.95. The summed E-state index contributed by atoms with van der Waals surface area (Å²) in [5.41, 5.74) is 2.60. The van der Waals surface area contributed by atoms with E-state index >= 15 is 0 Å². The van der Waals surface area contributed by atoms with Gasteiger partial charge in [-0.2, -0.15) is 5.11 Å². The molecule has 0 radical (unpaired) electrons. The topological polar surface area (TPSA) is 104 Å². The number of fused-ring (bicyclic) bond motifs is 1. The van der Waals surface area contributed by atoms with Crippen LogP contribution in [0.4, 0.5) is 17.1 Å². The molecule has 0 aliphatic rings. The molecule has 0 aliphatic heterocycles. The lowest BCUT2D eigenvalue weighted by molar-refractivity contribution is -0.384. The van der Waals surface area contributed by atoms with Crippen LogP contribution in [0.2, 0.25) is 0 Å². The van der Waals surface area contributed by atoms with Crippen molar-refractivity contribution in [3.63, 3.8) is 0 Å². The van der Waals surface area contributed by atoms with Crippen LogP contribution in [0.3, 0.4) is 0 Å². The van der Waals surface area contributed by atoms with Crippen molar-refractivity contribution in [3.05, 3.63) is 58.1 Å². The predicted molar refractivity (Wildman–Crippen MR) is 82.0 cm³/mol. The summed E-state index contributed by atoms with van der Waals surface area (Å²) in [6, 6.07) is 11.4. The third-order valence-electron chi connectivity index (χ3n) is 3.23. The SMILES string of the molecule is Cc1ccc2[nH]c(O)c(N=Nc3ccc([N+](=O)[O-])cc3)c2c1. The number of benzene rings is 2. The summed E-state index contributed by atoms with van der Waals surface area (Å²) in [4.78, 5) is 12.9. The highest BCUT2D eigenvalue weighted by Gasteiger charge is 2.10. The van der Waals surface area contributed by atoms with Gasteiger partial charge < -0.3 is 10.1 Å². The average Bonchev–Trinajstić information content (AvgIpc) is 2.80. The van der Waals surface area contributed by atoms with Gasteiger partial charge in [-0.3, -0.25) is 10.1 Å². The van der Waals surface area contributed by atoms with Crippen LogP contribution in [0, 0.1) is 17.0 Å². The number of azo groups is 1. The third-order valence-corrected chi connectivity index (χ3v) is 3.23. The van der Waals surface area contributed by atoms with Gasteiger partial charge in [-0.25, -0.2) is 0 Å². The number of aromatic amines is 1. The van der Waals surface area contributed by atoms with Crippen LogP contribution in [0.1, 0.15) is 5.56 Å². The fraction of sp³-hybridized carbons (Fsp3) is 0.0667. The molecule has 0 fully saturated rings. The molecule has 2 N–H and O–H groups in total. The molecule has 0 amide bonds. The number of aromatic nitrogens is 1. The molecule has 3 aromatic rings. The van der Waals surface area contributed by atoms with Crippen LogP contribution in [0.5, 0.6) is 5.88 Å². The molecule has 0 unspecified atom stereocenters. The molecule has 1 aromatic heterocycles. The lowest BCUT2D eigenvalue weighted by Crippen LogP contribution is -1.85. The lowest BCUT2D eigenvalue weighted by atomic mass is 10.2. The number of nitrogens with one attached hydrogen (secondary N) is 1. The van der Waals surface area contributed by atoms with Gasteiger partial charge in [-0.1, -0.05) is 11.6 Å². The Hall–Kier alpha value is -3.22. The second-order valence-corrected chi connectivity index (χ2v) is 4.84. The molecule has 1 heterocycles. The molecule has 7 heteroatoms. The Morgan fingerprint density at radius 1 is 1.14 bits per heavy atom. The summed E-state index contributed by atoms with van der Waals surface area (Å²) in [5, 5.41) is 29.3. The number of aromatic hydroxyl groups is 1. The number of nitrogens with zero attached hydrogens (tertiary/aromatic N) is 3. The summed E-state index contributed by atoms with van der Waals surface area (Å²) >= 11 is 0.